The van der Waals surface area contributed by atoms with E-state index in [4.69, 9.17) is 0 Å². The highest BCUT2D eigenvalue weighted by Gasteiger charge is 2.35. The first-order valence-corrected chi connectivity index (χ1v) is 10.5. The van der Waals surface area contributed by atoms with Crippen molar-refractivity contribution in [1.29, 1.82) is 0 Å². The van der Waals surface area contributed by atoms with E-state index in [1.54, 1.807) is 23.7 Å². The van der Waals surface area contributed by atoms with Crippen LogP contribution < -0.4 is 5.32 Å². The molecule has 3 aromatic rings. The van der Waals surface area contributed by atoms with Gasteiger partial charge in [-0.3, -0.25) is 14.6 Å². The molecule has 3 rings (SSSR count). The van der Waals surface area contributed by atoms with E-state index in [1.165, 1.54) is 4.90 Å². The van der Waals surface area contributed by atoms with Gasteiger partial charge in [0.2, 0.25) is 5.91 Å². The molecule has 0 fully saturated rings. The molecule has 1 unspecified atom stereocenters. The van der Waals surface area contributed by atoms with Crippen molar-refractivity contribution >= 4 is 23.3 Å². The fraction of sp³-hybridized carbons (Fsp3) is 0.318. The summed E-state index contributed by atoms with van der Waals surface area (Å²) >= 11 is 1.10. The Labute approximate surface area is 180 Å². The monoisotopic (exact) mass is 423 g/mol. The Balaban J connectivity index is 1.98. The lowest BCUT2D eigenvalue weighted by Gasteiger charge is -2.32. The molecule has 0 spiro atoms. The molecule has 2 heterocycles. The van der Waals surface area contributed by atoms with Gasteiger partial charge in [-0.25, -0.2) is 0 Å². The van der Waals surface area contributed by atoms with E-state index >= 15 is 0 Å². The molecule has 0 saturated heterocycles. The standard InChI is InChI=1S/C22H25N5O2S/c1-22(2,3)24-20(28)19(17-11-7-8-13-23-17)27(21(29)18-15-30-26-25-18)14-12-16-9-5-4-6-10-16/h4-11,13,15,19H,12,14H2,1-3H3,(H,24,28). The van der Waals surface area contributed by atoms with Gasteiger partial charge in [0.15, 0.2) is 11.7 Å². The molecule has 0 aliphatic heterocycles. The Kier molecular flexibility index (Phi) is 6.89. The van der Waals surface area contributed by atoms with Crippen LogP contribution in [0, 0.1) is 0 Å². The molecule has 1 aromatic carbocycles. The van der Waals surface area contributed by atoms with Crippen LogP contribution in [0.5, 0.6) is 0 Å². The van der Waals surface area contributed by atoms with Gasteiger partial charge in [-0.2, -0.15) is 0 Å². The quantitative estimate of drug-likeness (QED) is 0.630. The second kappa shape index (κ2) is 9.58. The van der Waals surface area contributed by atoms with Crippen LogP contribution in [0.2, 0.25) is 0 Å². The molecule has 2 amide bonds. The van der Waals surface area contributed by atoms with Gasteiger partial charge in [0.1, 0.15) is 0 Å². The predicted octanol–water partition coefficient (Wildman–Crippen LogP) is 3.27. The minimum atomic E-state index is -0.886. The number of rotatable bonds is 7. The van der Waals surface area contributed by atoms with Crippen LogP contribution in [0.1, 0.15) is 48.6 Å². The number of nitrogens with one attached hydrogen (secondary N) is 1. The Hall–Kier alpha value is -3.13. The van der Waals surface area contributed by atoms with Crippen molar-refractivity contribution in [2.75, 3.05) is 6.54 Å². The van der Waals surface area contributed by atoms with Crippen molar-refractivity contribution in [2.45, 2.75) is 38.8 Å². The number of amides is 2. The summed E-state index contributed by atoms with van der Waals surface area (Å²) in [5.41, 5.74) is 1.34. The van der Waals surface area contributed by atoms with Crippen LogP contribution in [0.3, 0.4) is 0 Å². The van der Waals surface area contributed by atoms with Gasteiger partial charge in [0.05, 0.1) is 5.69 Å². The maximum atomic E-state index is 13.3. The van der Waals surface area contributed by atoms with E-state index < -0.39 is 11.6 Å². The van der Waals surface area contributed by atoms with Gasteiger partial charge in [-0.1, -0.05) is 40.9 Å². The minimum absolute atomic E-state index is 0.220. The normalized spacial score (nSPS) is 12.2. The summed E-state index contributed by atoms with van der Waals surface area (Å²) in [7, 11) is 0. The molecule has 2 aromatic heterocycles. The third-order valence-corrected chi connectivity index (χ3v) is 4.85. The zero-order chi connectivity index (χ0) is 21.6. The summed E-state index contributed by atoms with van der Waals surface area (Å²) in [6.07, 6.45) is 2.22. The van der Waals surface area contributed by atoms with Crippen molar-refractivity contribution in [3.05, 3.63) is 77.1 Å². The van der Waals surface area contributed by atoms with E-state index in [0.717, 1.165) is 17.1 Å². The lowest BCUT2D eigenvalue weighted by atomic mass is 10.0. The molecule has 156 valence electrons. The topological polar surface area (TPSA) is 88.1 Å². The first kappa shape index (κ1) is 21.6. The first-order valence-electron chi connectivity index (χ1n) is 9.70. The second-order valence-electron chi connectivity index (χ2n) is 7.92. The summed E-state index contributed by atoms with van der Waals surface area (Å²) in [4.78, 5) is 32.6. The van der Waals surface area contributed by atoms with E-state index in [0.29, 0.717) is 18.7 Å². The van der Waals surface area contributed by atoms with Crippen molar-refractivity contribution in [2.24, 2.45) is 0 Å². The average Bonchev–Trinajstić information content (AvgIpc) is 3.25. The molecular formula is C22H25N5O2S. The van der Waals surface area contributed by atoms with E-state index in [-0.39, 0.29) is 17.5 Å². The number of hydrogen-bond donors (Lipinski definition) is 1. The summed E-state index contributed by atoms with van der Waals surface area (Å²) < 4.78 is 3.81. The van der Waals surface area contributed by atoms with Crippen LogP contribution in [0.4, 0.5) is 0 Å². The third kappa shape index (κ3) is 5.70. The fourth-order valence-corrected chi connectivity index (χ4v) is 3.49. The molecule has 8 heteroatoms. The second-order valence-corrected chi connectivity index (χ2v) is 8.53. The maximum absolute atomic E-state index is 13.3. The van der Waals surface area contributed by atoms with Crippen LogP contribution >= 0.6 is 11.5 Å². The van der Waals surface area contributed by atoms with Crippen LogP contribution in [0.25, 0.3) is 0 Å². The van der Waals surface area contributed by atoms with Crippen LogP contribution in [-0.4, -0.2) is 43.4 Å². The predicted molar refractivity (Wildman–Crippen MR) is 116 cm³/mol. The van der Waals surface area contributed by atoms with Gasteiger partial charge in [0, 0.05) is 23.7 Å². The molecule has 0 aliphatic rings. The Bertz CT molecular complexity index is 956. The Morgan fingerprint density at radius 1 is 1.10 bits per heavy atom. The number of carbonyl (C=O) groups is 2. The molecule has 1 N–H and O–H groups in total. The Morgan fingerprint density at radius 3 is 2.43 bits per heavy atom. The summed E-state index contributed by atoms with van der Waals surface area (Å²) in [6, 6.07) is 14.3. The lowest BCUT2D eigenvalue weighted by Crippen LogP contribution is -2.50. The highest BCUT2D eigenvalue weighted by Crippen LogP contribution is 2.23. The van der Waals surface area contributed by atoms with E-state index in [9.17, 15) is 9.59 Å². The highest BCUT2D eigenvalue weighted by molar-refractivity contribution is 7.03. The molecule has 7 nitrogen and oxygen atoms in total. The molecule has 1 atom stereocenters. The zero-order valence-electron chi connectivity index (χ0n) is 17.3. The SMILES string of the molecule is CC(C)(C)NC(=O)C(c1ccccn1)N(CCc1ccccc1)C(=O)c1csnn1. The number of benzene rings is 1. The fourth-order valence-electron chi connectivity index (χ4n) is 3.06. The summed E-state index contributed by atoms with van der Waals surface area (Å²) in [5.74, 6) is -0.634. The van der Waals surface area contributed by atoms with E-state index in [2.05, 4.69) is 19.9 Å². The van der Waals surface area contributed by atoms with Gasteiger partial charge >= 0.3 is 0 Å². The first-order chi connectivity index (χ1) is 14.3. The number of nitrogens with zero attached hydrogens (tertiary/aromatic N) is 4. The number of aromatic nitrogens is 3. The molecule has 0 bridgehead atoms. The maximum Gasteiger partial charge on any atom is 0.276 e. The highest BCUT2D eigenvalue weighted by atomic mass is 32.1. The van der Waals surface area contributed by atoms with Crippen molar-refractivity contribution in [3.63, 3.8) is 0 Å². The molecule has 30 heavy (non-hydrogen) atoms. The number of carbonyl (C=O) groups excluding carboxylic acids is 2. The van der Waals surface area contributed by atoms with Crippen molar-refractivity contribution < 1.29 is 9.59 Å². The number of hydrogen-bond acceptors (Lipinski definition) is 6. The summed E-state index contributed by atoms with van der Waals surface area (Å²) in [5, 5.41) is 8.51. The van der Waals surface area contributed by atoms with Crippen LogP contribution in [0.15, 0.2) is 60.1 Å². The smallest absolute Gasteiger partial charge is 0.276 e. The van der Waals surface area contributed by atoms with Crippen molar-refractivity contribution in [3.8, 4) is 0 Å². The Morgan fingerprint density at radius 2 is 1.83 bits per heavy atom. The van der Waals surface area contributed by atoms with Gasteiger partial charge in [-0.05, 0) is 56.4 Å². The van der Waals surface area contributed by atoms with Crippen LogP contribution in [-0.2, 0) is 11.2 Å². The number of pyridine rings is 1. The minimum Gasteiger partial charge on any atom is -0.349 e. The third-order valence-electron chi connectivity index (χ3n) is 4.35. The van der Waals surface area contributed by atoms with Gasteiger partial charge < -0.3 is 10.2 Å². The lowest BCUT2D eigenvalue weighted by molar-refractivity contribution is -0.127. The molecule has 0 aliphatic carbocycles. The largest absolute Gasteiger partial charge is 0.349 e. The molecule has 0 saturated carbocycles. The van der Waals surface area contributed by atoms with Gasteiger partial charge in [-0.15, -0.1) is 5.10 Å². The summed E-state index contributed by atoms with van der Waals surface area (Å²) in [6.45, 7) is 6.04. The molecule has 0 radical (unpaired) electrons. The van der Waals surface area contributed by atoms with Crippen molar-refractivity contribution in [1.82, 2.24) is 24.8 Å². The molecular weight excluding hydrogens is 398 g/mol. The zero-order valence-corrected chi connectivity index (χ0v) is 18.1. The van der Waals surface area contributed by atoms with E-state index in [1.807, 2.05) is 57.2 Å². The van der Waals surface area contributed by atoms with Gasteiger partial charge in [0.25, 0.3) is 5.91 Å². The average molecular weight is 424 g/mol.